The van der Waals surface area contributed by atoms with Gasteiger partial charge < -0.3 is 15.4 Å². The Morgan fingerprint density at radius 3 is 2.82 bits per heavy atom. The fraction of sp³-hybridized carbons (Fsp3) is 0.375. The summed E-state index contributed by atoms with van der Waals surface area (Å²) in [7, 11) is 1.64. The van der Waals surface area contributed by atoms with Gasteiger partial charge in [0.25, 0.3) is 0 Å². The summed E-state index contributed by atoms with van der Waals surface area (Å²) in [5.74, 6) is 0.505. The summed E-state index contributed by atoms with van der Waals surface area (Å²) in [6.07, 6.45) is 3.46. The minimum atomic E-state index is -0.293. The predicted molar refractivity (Wildman–Crippen MR) is 86.9 cm³/mol. The van der Waals surface area contributed by atoms with Gasteiger partial charge in [0.1, 0.15) is 0 Å². The van der Waals surface area contributed by atoms with Gasteiger partial charge in [-0.1, -0.05) is 26.0 Å². The first kappa shape index (κ1) is 16.0. The second-order valence-corrected chi connectivity index (χ2v) is 5.56. The summed E-state index contributed by atoms with van der Waals surface area (Å²) in [6, 6.07) is 7.25. The number of hydrogen-bond donors (Lipinski definition) is 2. The molecule has 0 unspecified atom stereocenters. The number of nitrogens with zero attached hydrogens (tertiary/aromatic N) is 2. The first-order valence-electron chi connectivity index (χ1n) is 7.25. The summed E-state index contributed by atoms with van der Waals surface area (Å²) < 4.78 is 6.90. The normalized spacial score (nSPS) is 10.7. The van der Waals surface area contributed by atoms with Gasteiger partial charge in [-0.15, -0.1) is 0 Å². The summed E-state index contributed by atoms with van der Waals surface area (Å²) in [5, 5.41) is 9.78. The molecular weight excluding hydrogens is 280 g/mol. The summed E-state index contributed by atoms with van der Waals surface area (Å²) in [4.78, 5) is 12.0. The Kier molecular flexibility index (Phi) is 5.55. The van der Waals surface area contributed by atoms with E-state index in [9.17, 15) is 4.79 Å². The SMILES string of the molecule is COCc1cccc(NC(=O)Nc2cnn(CC(C)C)c2)c1. The molecule has 1 aromatic carbocycles. The van der Waals surface area contributed by atoms with Crippen LogP contribution in [-0.2, 0) is 17.9 Å². The van der Waals surface area contributed by atoms with Gasteiger partial charge in [0.15, 0.2) is 0 Å². The van der Waals surface area contributed by atoms with Crippen molar-refractivity contribution >= 4 is 17.4 Å². The van der Waals surface area contributed by atoms with Gasteiger partial charge in [0, 0.05) is 25.5 Å². The van der Waals surface area contributed by atoms with E-state index in [2.05, 4.69) is 29.6 Å². The number of benzene rings is 1. The van der Waals surface area contributed by atoms with E-state index in [1.165, 1.54) is 0 Å². The standard InChI is InChI=1S/C16H22N4O2/c1-12(2)9-20-10-15(8-17-20)19-16(21)18-14-6-4-5-13(7-14)11-22-3/h4-8,10,12H,9,11H2,1-3H3,(H2,18,19,21). The van der Waals surface area contributed by atoms with Crippen molar-refractivity contribution in [1.29, 1.82) is 0 Å². The highest BCUT2D eigenvalue weighted by Gasteiger charge is 2.06. The third-order valence-corrected chi connectivity index (χ3v) is 2.94. The Labute approximate surface area is 130 Å². The number of carbonyl (C=O) groups excluding carboxylic acids is 1. The van der Waals surface area contributed by atoms with E-state index in [1.54, 1.807) is 13.3 Å². The molecular formula is C16H22N4O2. The molecule has 0 spiro atoms. The molecule has 0 aliphatic heterocycles. The third-order valence-electron chi connectivity index (χ3n) is 2.94. The van der Waals surface area contributed by atoms with Crippen molar-refractivity contribution in [1.82, 2.24) is 9.78 Å². The van der Waals surface area contributed by atoms with Crippen LogP contribution < -0.4 is 10.6 Å². The highest BCUT2D eigenvalue weighted by Crippen LogP contribution is 2.13. The molecule has 0 aliphatic carbocycles. The molecule has 118 valence electrons. The Morgan fingerprint density at radius 2 is 2.09 bits per heavy atom. The molecule has 0 aliphatic rings. The zero-order valence-corrected chi connectivity index (χ0v) is 13.2. The zero-order valence-electron chi connectivity index (χ0n) is 13.2. The topological polar surface area (TPSA) is 68.2 Å². The van der Waals surface area contributed by atoms with Crippen LogP contribution in [0.2, 0.25) is 0 Å². The number of rotatable bonds is 6. The summed E-state index contributed by atoms with van der Waals surface area (Å²) in [6.45, 7) is 5.57. The first-order chi connectivity index (χ1) is 10.6. The van der Waals surface area contributed by atoms with Crippen LogP contribution >= 0.6 is 0 Å². The predicted octanol–water partition coefficient (Wildman–Crippen LogP) is 3.33. The van der Waals surface area contributed by atoms with Gasteiger partial charge in [-0.2, -0.15) is 5.10 Å². The van der Waals surface area contributed by atoms with Crippen LogP contribution in [0.25, 0.3) is 0 Å². The number of amides is 2. The summed E-state index contributed by atoms with van der Waals surface area (Å²) in [5.41, 5.74) is 2.40. The van der Waals surface area contributed by atoms with Gasteiger partial charge in [0.2, 0.25) is 0 Å². The molecule has 1 aromatic heterocycles. The highest BCUT2D eigenvalue weighted by molar-refractivity contribution is 5.99. The molecule has 2 N–H and O–H groups in total. The number of urea groups is 1. The van der Waals surface area contributed by atoms with Crippen LogP contribution in [0.1, 0.15) is 19.4 Å². The maximum Gasteiger partial charge on any atom is 0.323 e. The van der Waals surface area contributed by atoms with E-state index in [4.69, 9.17) is 4.74 Å². The van der Waals surface area contributed by atoms with Crippen molar-refractivity contribution in [2.45, 2.75) is 27.0 Å². The molecule has 2 rings (SSSR count). The fourth-order valence-electron chi connectivity index (χ4n) is 2.10. The molecule has 0 saturated heterocycles. The van der Waals surface area contributed by atoms with Crippen LogP contribution in [0.3, 0.4) is 0 Å². The molecule has 6 nitrogen and oxygen atoms in total. The second-order valence-electron chi connectivity index (χ2n) is 5.56. The zero-order chi connectivity index (χ0) is 15.9. The van der Waals surface area contributed by atoms with Gasteiger partial charge >= 0.3 is 6.03 Å². The van der Waals surface area contributed by atoms with Crippen LogP contribution in [0, 0.1) is 5.92 Å². The average molecular weight is 302 g/mol. The lowest BCUT2D eigenvalue weighted by Crippen LogP contribution is -2.19. The van der Waals surface area contributed by atoms with E-state index in [0.717, 1.165) is 17.8 Å². The lowest BCUT2D eigenvalue weighted by atomic mass is 10.2. The number of carbonyl (C=O) groups is 1. The number of nitrogens with one attached hydrogen (secondary N) is 2. The number of ether oxygens (including phenoxy) is 1. The van der Waals surface area contributed by atoms with E-state index in [1.807, 2.05) is 35.1 Å². The van der Waals surface area contributed by atoms with E-state index < -0.39 is 0 Å². The van der Waals surface area contributed by atoms with Crippen molar-refractivity contribution < 1.29 is 9.53 Å². The first-order valence-corrected chi connectivity index (χ1v) is 7.25. The molecule has 0 saturated carbocycles. The van der Waals surface area contributed by atoms with E-state index in [0.29, 0.717) is 18.2 Å². The number of hydrogen-bond acceptors (Lipinski definition) is 3. The Morgan fingerprint density at radius 1 is 1.32 bits per heavy atom. The number of aromatic nitrogens is 2. The van der Waals surface area contributed by atoms with E-state index >= 15 is 0 Å². The highest BCUT2D eigenvalue weighted by atomic mass is 16.5. The van der Waals surface area contributed by atoms with Gasteiger partial charge in [-0.3, -0.25) is 4.68 Å². The Bertz CT molecular complexity index is 622. The second kappa shape index (κ2) is 7.61. The summed E-state index contributed by atoms with van der Waals surface area (Å²) >= 11 is 0. The smallest absolute Gasteiger partial charge is 0.323 e. The van der Waals surface area contributed by atoms with Crippen LogP contribution in [0.5, 0.6) is 0 Å². The molecule has 0 fully saturated rings. The molecule has 22 heavy (non-hydrogen) atoms. The number of anilines is 2. The Balaban J connectivity index is 1.92. The Hall–Kier alpha value is -2.34. The maximum atomic E-state index is 12.0. The van der Waals surface area contributed by atoms with Crippen LogP contribution in [0.15, 0.2) is 36.7 Å². The van der Waals surface area contributed by atoms with Gasteiger partial charge in [0.05, 0.1) is 18.5 Å². The van der Waals surface area contributed by atoms with E-state index in [-0.39, 0.29) is 6.03 Å². The molecule has 2 amide bonds. The van der Waals surface area contributed by atoms with Crippen molar-refractivity contribution in [3.63, 3.8) is 0 Å². The third kappa shape index (κ3) is 4.89. The fourth-order valence-corrected chi connectivity index (χ4v) is 2.10. The minimum Gasteiger partial charge on any atom is -0.380 e. The quantitative estimate of drug-likeness (QED) is 0.860. The largest absolute Gasteiger partial charge is 0.380 e. The molecule has 1 heterocycles. The molecule has 6 heteroatoms. The van der Waals surface area contributed by atoms with Gasteiger partial charge in [-0.25, -0.2) is 4.79 Å². The van der Waals surface area contributed by atoms with Crippen LogP contribution in [0.4, 0.5) is 16.2 Å². The molecule has 0 bridgehead atoms. The molecule has 0 atom stereocenters. The monoisotopic (exact) mass is 302 g/mol. The van der Waals surface area contributed by atoms with Crippen molar-refractivity contribution in [3.8, 4) is 0 Å². The lowest BCUT2D eigenvalue weighted by Gasteiger charge is -2.08. The van der Waals surface area contributed by atoms with Crippen molar-refractivity contribution in [3.05, 3.63) is 42.2 Å². The lowest BCUT2D eigenvalue weighted by molar-refractivity contribution is 0.185. The average Bonchev–Trinajstić information content (AvgIpc) is 2.85. The van der Waals surface area contributed by atoms with Gasteiger partial charge in [-0.05, 0) is 23.6 Å². The molecule has 0 radical (unpaired) electrons. The molecule has 2 aromatic rings. The van der Waals surface area contributed by atoms with Crippen molar-refractivity contribution in [2.24, 2.45) is 5.92 Å². The number of methoxy groups -OCH3 is 1. The minimum absolute atomic E-state index is 0.293. The van der Waals surface area contributed by atoms with Crippen molar-refractivity contribution in [2.75, 3.05) is 17.7 Å². The maximum absolute atomic E-state index is 12.0. The van der Waals surface area contributed by atoms with Crippen LogP contribution in [-0.4, -0.2) is 22.9 Å².